The van der Waals surface area contributed by atoms with Gasteiger partial charge in [0.05, 0.1) is 48.1 Å². The topological polar surface area (TPSA) is 105 Å². The predicted molar refractivity (Wildman–Crippen MR) is 156 cm³/mol. The number of alkyl halides is 5. The Bertz CT molecular complexity index is 1550. The molecule has 3 aromatic rings. The van der Waals surface area contributed by atoms with E-state index >= 15 is 0 Å². The number of hydrogen-bond donors (Lipinski definition) is 2. The molecule has 3 atom stereocenters. The number of ether oxygens (including phenoxy) is 2. The predicted octanol–water partition coefficient (Wildman–Crippen LogP) is 5.62. The summed E-state index contributed by atoms with van der Waals surface area (Å²) in [5.41, 5.74) is -0.479. The summed E-state index contributed by atoms with van der Waals surface area (Å²) in [6.07, 6.45) is -4.28. The second-order valence-electron chi connectivity index (χ2n) is 10.9. The summed E-state index contributed by atoms with van der Waals surface area (Å²) in [6, 6.07) is 15.0. The van der Waals surface area contributed by atoms with Gasteiger partial charge in [-0.25, -0.2) is 8.42 Å². The third-order valence-electron chi connectivity index (χ3n) is 7.54. The van der Waals surface area contributed by atoms with Crippen molar-refractivity contribution in [3.05, 3.63) is 89.5 Å². The molecule has 3 aromatic carbocycles. The maximum Gasteiger partial charge on any atom is 0.416 e. The van der Waals surface area contributed by atoms with E-state index in [-0.39, 0.29) is 41.5 Å². The number of anilines is 1. The molecule has 0 bridgehead atoms. The van der Waals surface area contributed by atoms with E-state index in [0.717, 1.165) is 12.1 Å². The Morgan fingerprint density at radius 3 is 2.20 bits per heavy atom. The van der Waals surface area contributed by atoms with Crippen molar-refractivity contribution in [3.63, 3.8) is 0 Å². The van der Waals surface area contributed by atoms with Crippen molar-refractivity contribution in [1.82, 2.24) is 5.32 Å². The van der Waals surface area contributed by atoms with Crippen molar-refractivity contribution >= 4 is 21.4 Å². The number of carbonyl (C=O) groups is 1. The van der Waals surface area contributed by atoms with Crippen LogP contribution in [0.2, 0.25) is 0 Å². The van der Waals surface area contributed by atoms with Gasteiger partial charge in [0, 0.05) is 17.7 Å². The maximum atomic E-state index is 13.0. The average Bonchev–Trinajstić information content (AvgIpc) is 3.34. The second kappa shape index (κ2) is 13.7. The average molecular weight is 657 g/mol. The number of nitrogens with one attached hydrogen (secondary N) is 1. The minimum absolute atomic E-state index is 0.0641. The molecule has 2 N–H and O–H groups in total. The van der Waals surface area contributed by atoms with Gasteiger partial charge in [0.25, 0.3) is 5.91 Å². The molecule has 0 aromatic heterocycles. The number of aliphatic hydroxyl groups excluding tert-OH is 1. The second-order valence-corrected chi connectivity index (χ2v) is 13.2. The van der Waals surface area contributed by atoms with Crippen LogP contribution in [0, 0.1) is 0 Å². The van der Waals surface area contributed by atoms with Gasteiger partial charge in [-0.15, -0.1) is 0 Å². The van der Waals surface area contributed by atoms with Crippen LogP contribution in [0.15, 0.2) is 77.7 Å². The monoisotopic (exact) mass is 656 g/mol. The van der Waals surface area contributed by atoms with Gasteiger partial charge in [0.15, 0.2) is 9.84 Å². The molecule has 45 heavy (non-hydrogen) atoms. The minimum Gasteiger partial charge on any atom is -0.486 e. The van der Waals surface area contributed by atoms with E-state index in [1.165, 1.54) is 55.5 Å². The first-order valence-corrected chi connectivity index (χ1v) is 15.7. The Morgan fingerprint density at radius 1 is 1.04 bits per heavy atom. The van der Waals surface area contributed by atoms with Crippen LogP contribution in [0.3, 0.4) is 0 Å². The van der Waals surface area contributed by atoms with Crippen molar-refractivity contribution in [2.24, 2.45) is 0 Å². The van der Waals surface area contributed by atoms with Crippen LogP contribution in [-0.4, -0.2) is 63.2 Å². The molecule has 4 rings (SSSR count). The number of amides is 1. The summed E-state index contributed by atoms with van der Waals surface area (Å²) in [5.74, 6) is -0.390. The van der Waals surface area contributed by atoms with E-state index in [1.807, 2.05) is 0 Å². The first kappa shape index (κ1) is 34.1. The third kappa shape index (κ3) is 8.50. The molecule has 244 valence electrons. The summed E-state index contributed by atoms with van der Waals surface area (Å²) in [5, 5.41) is 12.6. The standard InChI is InChI=1S/C31H33F5N2O6S/c1-3-45(41,42)26-14-6-20(7-15-26)27(17-39)37-28(40)21-4-10-23(11-5-21)38-19-30(2,16-24(38)18-43-29(32)33)44-25-12-8-22(9-13-25)31(34,35)36/h4-15,24,27,29,39H,3,16-19H2,1-2H3,(H,37,40)/t24-,27-,30?/m0/s1. The number of carbonyl (C=O) groups excluding carboxylic acids is 1. The zero-order chi connectivity index (χ0) is 33.0. The summed E-state index contributed by atoms with van der Waals surface area (Å²) >= 11 is 0. The highest BCUT2D eigenvalue weighted by molar-refractivity contribution is 7.91. The van der Waals surface area contributed by atoms with Gasteiger partial charge in [-0.2, -0.15) is 22.0 Å². The summed E-state index contributed by atoms with van der Waals surface area (Å²) in [6.45, 7) is -0.355. The van der Waals surface area contributed by atoms with Crippen molar-refractivity contribution in [2.75, 3.05) is 30.4 Å². The molecule has 1 heterocycles. The smallest absolute Gasteiger partial charge is 0.416 e. The first-order valence-electron chi connectivity index (χ1n) is 14.0. The number of nitrogens with zero attached hydrogens (tertiary/aromatic N) is 1. The Balaban J connectivity index is 1.47. The van der Waals surface area contributed by atoms with E-state index in [2.05, 4.69) is 10.1 Å². The van der Waals surface area contributed by atoms with E-state index in [9.17, 15) is 40.3 Å². The molecular formula is C31H33F5N2O6S. The molecule has 0 saturated carbocycles. The SMILES string of the molecule is CCS(=O)(=O)c1ccc([C@H](CO)NC(=O)c2ccc(N3CC(C)(Oc4ccc(C(F)(F)F)cc4)C[C@H]3COC(F)F)cc2)cc1. The number of rotatable bonds is 12. The fourth-order valence-electron chi connectivity index (χ4n) is 5.22. The zero-order valence-corrected chi connectivity index (χ0v) is 25.2. The number of halogens is 5. The third-order valence-corrected chi connectivity index (χ3v) is 9.29. The summed E-state index contributed by atoms with van der Waals surface area (Å²) in [7, 11) is -3.41. The molecule has 1 fully saturated rings. The molecule has 14 heteroatoms. The lowest BCUT2D eigenvalue weighted by Gasteiger charge is -2.28. The van der Waals surface area contributed by atoms with Gasteiger partial charge in [0.1, 0.15) is 11.4 Å². The van der Waals surface area contributed by atoms with Crippen LogP contribution in [0.5, 0.6) is 5.75 Å². The maximum absolute atomic E-state index is 13.0. The molecule has 1 saturated heterocycles. The summed E-state index contributed by atoms with van der Waals surface area (Å²) < 4.78 is 99.5. The van der Waals surface area contributed by atoms with Gasteiger partial charge < -0.3 is 24.8 Å². The van der Waals surface area contributed by atoms with E-state index in [1.54, 1.807) is 24.0 Å². The lowest BCUT2D eigenvalue weighted by molar-refractivity contribution is -0.137. The van der Waals surface area contributed by atoms with E-state index < -0.39 is 58.4 Å². The van der Waals surface area contributed by atoms with Gasteiger partial charge in [-0.3, -0.25) is 4.79 Å². The number of benzene rings is 3. The van der Waals surface area contributed by atoms with Gasteiger partial charge >= 0.3 is 12.8 Å². The molecule has 0 aliphatic carbocycles. The molecule has 0 spiro atoms. The highest BCUT2D eigenvalue weighted by atomic mass is 32.2. The van der Waals surface area contributed by atoms with Crippen LogP contribution in [0.25, 0.3) is 0 Å². The molecule has 8 nitrogen and oxygen atoms in total. The normalized spacial score (nSPS) is 19.5. The highest BCUT2D eigenvalue weighted by Crippen LogP contribution is 2.37. The molecular weight excluding hydrogens is 623 g/mol. The number of sulfone groups is 1. The van der Waals surface area contributed by atoms with Gasteiger partial charge in [0.2, 0.25) is 0 Å². The Labute approximate surface area is 257 Å². The quantitative estimate of drug-likeness (QED) is 0.244. The van der Waals surface area contributed by atoms with Crippen molar-refractivity contribution < 1.29 is 49.7 Å². The van der Waals surface area contributed by atoms with Crippen LogP contribution >= 0.6 is 0 Å². The van der Waals surface area contributed by atoms with E-state index in [4.69, 9.17) is 4.74 Å². The van der Waals surface area contributed by atoms with Crippen molar-refractivity contribution in [1.29, 1.82) is 0 Å². The largest absolute Gasteiger partial charge is 0.486 e. The lowest BCUT2D eigenvalue weighted by atomic mass is 10.0. The van der Waals surface area contributed by atoms with Crippen LogP contribution in [0.4, 0.5) is 27.6 Å². The van der Waals surface area contributed by atoms with E-state index in [0.29, 0.717) is 11.3 Å². The molecule has 1 aliphatic rings. The minimum atomic E-state index is -4.50. The summed E-state index contributed by atoms with van der Waals surface area (Å²) in [4.78, 5) is 14.9. The molecule has 1 aliphatic heterocycles. The van der Waals surface area contributed by atoms with Crippen LogP contribution in [0.1, 0.15) is 47.8 Å². The molecule has 0 radical (unpaired) electrons. The Hall–Kier alpha value is -3.75. The number of aliphatic hydroxyl groups is 1. The lowest BCUT2D eigenvalue weighted by Crippen LogP contribution is -2.37. The number of hydrogen-bond acceptors (Lipinski definition) is 7. The van der Waals surface area contributed by atoms with Crippen LogP contribution in [-0.2, 0) is 20.8 Å². The molecule has 1 amide bonds. The fourth-order valence-corrected chi connectivity index (χ4v) is 6.11. The van der Waals surface area contributed by atoms with Crippen molar-refractivity contribution in [3.8, 4) is 5.75 Å². The highest BCUT2D eigenvalue weighted by Gasteiger charge is 2.43. The van der Waals surface area contributed by atoms with Crippen molar-refractivity contribution in [2.45, 2.75) is 55.6 Å². The molecule has 1 unspecified atom stereocenters. The Kier molecular flexibility index (Phi) is 10.4. The fraction of sp³-hybridized carbons (Fsp3) is 0.387. The van der Waals surface area contributed by atoms with Gasteiger partial charge in [-0.1, -0.05) is 19.1 Å². The zero-order valence-electron chi connectivity index (χ0n) is 24.4. The van der Waals surface area contributed by atoms with Gasteiger partial charge in [-0.05, 0) is 73.2 Å². The van der Waals surface area contributed by atoms with Crippen LogP contribution < -0.4 is 15.0 Å². The Morgan fingerprint density at radius 2 is 1.67 bits per heavy atom. The first-order chi connectivity index (χ1) is 21.1.